The smallest absolute Gasteiger partial charge is 0.177 e. The molecule has 16 heavy (non-hydrogen) atoms. The zero-order chi connectivity index (χ0) is 11.0. The molecular weight excluding hydrogens is 204 g/mol. The lowest BCUT2D eigenvalue weighted by Gasteiger charge is -2.32. The molecule has 3 rings (SSSR count). The van der Waals surface area contributed by atoms with Crippen LogP contribution in [0.2, 0.25) is 0 Å². The maximum atomic E-state index is 4.48. The van der Waals surface area contributed by atoms with Crippen LogP contribution < -0.4 is 4.90 Å². The minimum atomic E-state index is 0.790. The average Bonchev–Trinajstić information content (AvgIpc) is 2.77. The largest absolute Gasteiger partial charge is 0.353 e. The standard InChI is InChI=1S/C10H14N6/c1-14-4-6-15(7-5-14)10-3-2-9-12-11-8-16(9)13-10/h2-3,8H,4-7H2,1H3. The van der Waals surface area contributed by atoms with Gasteiger partial charge in [-0.15, -0.1) is 15.3 Å². The van der Waals surface area contributed by atoms with Crippen molar-refractivity contribution in [1.82, 2.24) is 24.7 Å². The number of fused-ring (bicyclic) bond motifs is 1. The summed E-state index contributed by atoms with van der Waals surface area (Å²) in [5.74, 6) is 1.00. The van der Waals surface area contributed by atoms with Gasteiger partial charge < -0.3 is 9.80 Å². The second-order valence-electron chi connectivity index (χ2n) is 4.12. The SMILES string of the molecule is CN1CCN(c2ccc3nncn3n2)CC1. The number of anilines is 1. The fourth-order valence-corrected chi connectivity index (χ4v) is 1.92. The van der Waals surface area contributed by atoms with Gasteiger partial charge >= 0.3 is 0 Å². The van der Waals surface area contributed by atoms with Crippen molar-refractivity contribution in [2.24, 2.45) is 0 Å². The Morgan fingerprint density at radius 2 is 1.94 bits per heavy atom. The monoisotopic (exact) mass is 218 g/mol. The molecule has 0 saturated carbocycles. The second-order valence-corrected chi connectivity index (χ2v) is 4.12. The molecule has 0 amide bonds. The molecule has 3 heterocycles. The third kappa shape index (κ3) is 1.61. The molecular formula is C10H14N6. The predicted octanol–water partition coefficient (Wildman–Crippen LogP) is -0.124. The summed E-state index contributed by atoms with van der Waals surface area (Å²) >= 11 is 0. The van der Waals surface area contributed by atoms with Gasteiger partial charge in [0.1, 0.15) is 12.1 Å². The van der Waals surface area contributed by atoms with Crippen LogP contribution in [0.25, 0.3) is 5.65 Å². The zero-order valence-electron chi connectivity index (χ0n) is 9.24. The Balaban J connectivity index is 1.87. The summed E-state index contributed by atoms with van der Waals surface area (Å²) in [6, 6.07) is 3.96. The molecule has 1 fully saturated rings. The summed E-state index contributed by atoms with van der Waals surface area (Å²) in [6.07, 6.45) is 1.63. The Kier molecular flexibility index (Phi) is 2.21. The van der Waals surface area contributed by atoms with Crippen LogP contribution >= 0.6 is 0 Å². The van der Waals surface area contributed by atoms with E-state index in [4.69, 9.17) is 0 Å². The van der Waals surface area contributed by atoms with Crippen LogP contribution in [0, 0.1) is 0 Å². The molecule has 0 atom stereocenters. The Labute approximate surface area is 93.5 Å². The quantitative estimate of drug-likeness (QED) is 0.667. The zero-order valence-corrected chi connectivity index (χ0v) is 9.24. The van der Waals surface area contributed by atoms with E-state index in [1.54, 1.807) is 10.8 Å². The van der Waals surface area contributed by atoms with Crippen molar-refractivity contribution < 1.29 is 0 Å². The summed E-state index contributed by atoms with van der Waals surface area (Å²) in [6.45, 7) is 4.22. The molecule has 0 unspecified atom stereocenters. The molecule has 84 valence electrons. The van der Waals surface area contributed by atoms with E-state index in [2.05, 4.69) is 32.1 Å². The molecule has 1 aliphatic heterocycles. The van der Waals surface area contributed by atoms with Crippen LogP contribution in [0.15, 0.2) is 18.5 Å². The first-order chi connectivity index (χ1) is 7.83. The van der Waals surface area contributed by atoms with E-state index in [0.29, 0.717) is 0 Å². The van der Waals surface area contributed by atoms with Crippen molar-refractivity contribution >= 4 is 11.5 Å². The van der Waals surface area contributed by atoms with Gasteiger partial charge in [0.05, 0.1) is 0 Å². The molecule has 0 bridgehead atoms. The highest BCUT2D eigenvalue weighted by Gasteiger charge is 2.15. The van der Waals surface area contributed by atoms with Gasteiger partial charge in [0.25, 0.3) is 0 Å². The van der Waals surface area contributed by atoms with E-state index < -0.39 is 0 Å². The van der Waals surface area contributed by atoms with Crippen LogP contribution in [0.1, 0.15) is 0 Å². The number of aromatic nitrogens is 4. The van der Waals surface area contributed by atoms with E-state index in [1.165, 1.54) is 0 Å². The number of likely N-dealkylation sites (N-methyl/N-ethyl adjacent to an activating group) is 1. The first kappa shape index (κ1) is 9.53. The predicted molar refractivity (Wildman–Crippen MR) is 60.5 cm³/mol. The van der Waals surface area contributed by atoms with E-state index in [-0.39, 0.29) is 0 Å². The minimum Gasteiger partial charge on any atom is -0.353 e. The molecule has 0 N–H and O–H groups in total. The number of rotatable bonds is 1. The fourth-order valence-electron chi connectivity index (χ4n) is 1.92. The Bertz CT molecular complexity index is 485. The summed E-state index contributed by atoms with van der Waals surface area (Å²) in [5, 5.41) is 12.2. The molecule has 0 radical (unpaired) electrons. The molecule has 6 heteroatoms. The van der Waals surface area contributed by atoms with Crippen molar-refractivity contribution in [2.75, 3.05) is 38.1 Å². The summed E-state index contributed by atoms with van der Waals surface area (Å²) in [7, 11) is 2.15. The first-order valence-corrected chi connectivity index (χ1v) is 5.43. The number of piperazine rings is 1. The Morgan fingerprint density at radius 3 is 2.75 bits per heavy atom. The number of hydrogen-bond donors (Lipinski definition) is 0. The van der Waals surface area contributed by atoms with Crippen molar-refractivity contribution in [3.05, 3.63) is 18.5 Å². The van der Waals surface area contributed by atoms with Crippen LogP contribution in [-0.4, -0.2) is 57.9 Å². The topological polar surface area (TPSA) is 49.6 Å². The van der Waals surface area contributed by atoms with Gasteiger partial charge in [-0.2, -0.15) is 4.52 Å². The van der Waals surface area contributed by atoms with E-state index in [9.17, 15) is 0 Å². The van der Waals surface area contributed by atoms with Gasteiger partial charge in [-0.25, -0.2) is 0 Å². The van der Waals surface area contributed by atoms with Gasteiger partial charge in [-0.3, -0.25) is 0 Å². The number of hydrogen-bond acceptors (Lipinski definition) is 5. The normalized spacial score (nSPS) is 18.2. The molecule has 2 aromatic rings. The highest BCUT2D eigenvalue weighted by Crippen LogP contribution is 2.12. The van der Waals surface area contributed by atoms with E-state index in [1.807, 2.05) is 12.1 Å². The lowest BCUT2D eigenvalue weighted by molar-refractivity contribution is 0.311. The Hall–Kier alpha value is -1.69. The third-order valence-corrected chi connectivity index (χ3v) is 2.97. The lowest BCUT2D eigenvalue weighted by Crippen LogP contribution is -2.44. The third-order valence-electron chi connectivity index (χ3n) is 2.97. The Morgan fingerprint density at radius 1 is 1.12 bits per heavy atom. The number of nitrogens with zero attached hydrogens (tertiary/aromatic N) is 6. The highest BCUT2D eigenvalue weighted by atomic mass is 15.4. The van der Waals surface area contributed by atoms with Crippen LogP contribution in [-0.2, 0) is 0 Å². The molecule has 6 nitrogen and oxygen atoms in total. The summed E-state index contributed by atoms with van der Waals surface area (Å²) in [5.41, 5.74) is 0.790. The molecule has 2 aromatic heterocycles. The highest BCUT2D eigenvalue weighted by molar-refractivity contribution is 5.45. The van der Waals surface area contributed by atoms with Gasteiger partial charge in [0.2, 0.25) is 0 Å². The van der Waals surface area contributed by atoms with Crippen LogP contribution in [0.5, 0.6) is 0 Å². The molecule has 0 aliphatic carbocycles. The van der Waals surface area contributed by atoms with Crippen LogP contribution in [0.3, 0.4) is 0 Å². The van der Waals surface area contributed by atoms with Crippen molar-refractivity contribution in [1.29, 1.82) is 0 Å². The van der Waals surface area contributed by atoms with Crippen molar-refractivity contribution in [3.8, 4) is 0 Å². The van der Waals surface area contributed by atoms with Crippen molar-refractivity contribution in [3.63, 3.8) is 0 Å². The fraction of sp³-hybridized carbons (Fsp3) is 0.500. The maximum absolute atomic E-state index is 4.48. The lowest BCUT2D eigenvalue weighted by atomic mass is 10.3. The maximum Gasteiger partial charge on any atom is 0.177 e. The second kappa shape index (κ2) is 3.71. The van der Waals surface area contributed by atoms with Gasteiger partial charge in [0.15, 0.2) is 5.65 Å². The first-order valence-electron chi connectivity index (χ1n) is 5.43. The molecule has 1 saturated heterocycles. The van der Waals surface area contributed by atoms with Crippen LogP contribution in [0.4, 0.5) is 5.82 Å². The molecule has 0 aromatic carbocycles. The van der Waals surface area contributed by atoms with Gasteiger partial charge in [-0.1, -0.05) is 0 Å². The summed E-state index contributed by atoms with van der Waals surface area (Å²) in [4.78, 5) is 4.62. The molecule has 0 spiro atoms. The van der Waals surface area contributed by atoms with Gasteiger partial charge in [0, 0.05) is 26.2 Å². The summed E-state index contributed by atoms with van der Waals surface area (Å²) < 4.78 is 1.72. The molecule has 1 aliphatic rings. The minimum absolute atomic E-state index is 0.790. The van der Waals surface area contributed by atoms with Crippen molar-refractivity contribution in [2.45, 2.75) is 0 Å². The van der Waals surface area contributed by atoms with E-state index in [0.717, 1.165) is 37.6 Å². The van der Waals surface area contributed by atoms with E-state index >= 15 is 0 Å². The van der Waals surface area contributed by atoms with Gasteiger partial charge in [-0.05, 0) is 19.2 Å². The average molecular weight is 218 g/mol.